The van der Waals surface area contributed by atoms with Crippen LogP contribution in [-0.2, 0) is 16.0 Å². The lowest BCUT2D eigenvalue weighted by Crippen LogP contribution is -2.45. The van der Waals surface area contributed by atoms with Crippen molar-refractivity contribution in [2.75, 3.05) is 0 Å². The number of carbonyl (C=O) groups is 2. The quantitative estimate of drug-likeness (QED) is 0.805. The first-order valence-electron chi connectivity index (χ1n) is 9.13. The Morgan fingerprint density at radius 2 is 1.92 bits per heavy atom. The number of hydrazine groups is 1. The molecule has 2 N–H and O–H groups in total. The largest absolute Gasteiger partial charge is 0.273 e. The van der Waals surface area contributed by atoms with Crippen LogP contribution < -0.4 is 10.9 Å². The van der Waals surface area contributed by atoms with Crippen molar-refractivity contribution < 1.29 is 9.59 Å². The Morgan fingerprint density at radius 3 is 2.65 bits per heavy atom. The van der Waals surface area contributed by atoms with Crippen LogP contribution in [0.5, 0.6) is 0 Å². The second kappa shape index (κ2) is 8.45. The second-order valence-corrected chi connectivity index (χ2v) is 7.87. The molecule has 1 aromatic heterocycles. The Labute approximate surface area is 158 Å². The lowest BCUT2D eigenvalue weighted by Gasteiger charge is -2.20. The summed E-state index contributed by atoms with van der Waals surface area (Å²) in [6, 6.07) is 6.26. The van der Waals surface area contributed by atoms with Crippen LogP contribution in [0.15, 0.2) is 23.6 Å². The van der Waals surface area contributed by atoms with Gasteiger partial charge in [0.1, 0.15) is 5.01 Å². The molecule has 5 nitrogen and oxygen atoms in total. The summed E-state index contributed by atoms with van der Waals surface area (Å²) in [6.45, 7) is 4.13. The topological polar surface area (TPSA) is 71.1 Å². The molecule has 1 saturated carbocycles. The highest BCUT2D eigenvalue weighted by molar-refractivity contribution is 7.13. The first-order valence-corrected chi connectivity index (χ1v) is 10.0. The van der Waals surface area contributed by atoms with Crippen LogP contribution >= 0.6 is 11.3 Å². The van der Waals surface area contributed by atoms with E-state index in [4.69, 9.17) is 0 Å². The fraction of sp³-hybridized carbons (Fsp3) is 0.450. The Bertz CT molecular complexity index is 794. The van der Waals surface area contributed by atoms with E-state index in [9.17, 15) is 9.59 Å². The number of thiazole rings is 1. The molecule has 0 saturated heterocycles. The molecule has 1 heterocycles. The minimum atomic E-state index is -0.244. The Hall–Kier alpha value is -2.21. The minimum Gasteiger partial charge on any atom is -0.273 e. The number of benzene rings is 1. The van der Waals surface area contributed by atoms with Gasteiger partial charge in [-0.1, -0.05) is 43.0 Å². The molecule has 1 aliphatic rings. The molecular formula is C20H25N3O2S. The molecule has 138 valence electrons. The third kappa shape index (κ3) is 4.69. The minimum absolute atomic E-state index is 0.0273. The molecule has 6 heteroatoms. The van der Waals surface area contributed by atoms with Gasteiger partial charge in [-0.05, 0) is 32.3 Å². The number of nitrogens with one attached hydrogen (secondary N) is 2. The number of rotatable bonds is 4. The molecule has 0 bridgehead atoms. The zero-order valence-corrected chi connectivity index (χ0v) is 16.1. The van der Waals surface area contributed by atoms with Crippen LogP contribution in [0, 0.1) is 19.8 Å². The Balaban J connectivity index is 1.53. The Morgan fingerprint density at radius 1 is 1.15 bits per heavy atom. The molecule has 2 amide bonds. The van der Waals surface area contributed by atoms with Gasteiger partial charge in [0.25, 0.3) is 0 Å². The van der Waals surface area contributed by atoms with E-state index < -0.39 is 0 Å². The van der Waals surface area contributed by atoms with Crippen molar-refractivity contribution >= 4 is 23.2 Å². The first-order chi connectivity index (χ1) is 12.5. The molecule has 1 aromatic carbocycles. The summed E-state index contributed by atoms with van der Waals surface area (Å²) in [5.74, 6) is -0.293. The molecule has 0 spiro atoms. The van der Waals surface area contributed by atoms with Crippen LogP contribution in [0.25, 0.3) is 10.6 Å². The first kappa shape index (κ1) is 18.6. The summed E-state index contributed by atoms with van der Waals surface area (Å²) in [5, 5.41) is 2.81. The molecule has 1 aliphatic carbocycles. The van der Waals surface area contributed by atoms with E-state index in [2.05, 4.69) is 47.9 Å². The van der Waals surface area contributed by atoms with Crippen molar-refractivity contribution in [3.8, 4) is 10.6 Å². The highest BCUT2D eigenvalue weighted by Crippen LogP contribution is 2.27. The monoisotopic (exact) mass is 371 g/mol. The highest BCUT2D eigenvalue weighted by atomic mass is 32.1. The van der Waals surface area contributed by atoms with Crippen molar-refractivity contribution in [1.29, 1.82) is 0 Å². The number of hydrogen-bond acceptors (Lipinski definition) is 4. The van der Waals surface area contributed by atoms with Gasteiger partial charge in [-0.3, -0.25) is 20.4 Å². The van der Waals surface area contributed by atoms with Gasteiger partial charge in [-0.2, -0.15) is 0 Å². The van der Waals surface area contributed by atoms with E-state index in [-0.39, 0.29) is 24.2 Å². The summed E-state index contributed by atoms with van der Waals surface area (Å²) in [5.41, 5.74) is 9.29. The van der Waals surface area contributed by atoms with Gasteiger partial charge in [0, 0.05) is 16.9 Å². The van der Waals surface area contributed by atoms with Crippen molar-refractivity contribution in [1.82, 2.24) is 15.8 Å². The maximum Gasteiger partial charge on any atom is 0.244 e. The molecule has 0 radical (unpaired) electrons. The molecule has 2 aromatic rings. The summed E-state index contributed by atoms with van der Waals surface area (Å²) in [4.78, 5) is 28.7. The predicted molar refractivity (Wildman–Crippen MR) is 104 cm³/mol. The summed E-state index contributed by atoms with van der Waals surface area (Å²) in [7, 11) is 0. The predicted octanol–water partition coefficient (Wildman–Crippen LogP) is 3.70. The number of aromatic nitrogens is 1. The van der Waals surface area contributed by atoms with Crippen molar-refractivity contribution in [2.24, 2.45) is 5.92 Å². The molecule has 0 aliphatic heterocycles. The standard InChI is InChI=1S/C20H25N3O2S/c1-13-8-9-17(14(2)10-13)20-21-16(12-26-20)11-18(24)22-23-19(25)15-6-4-3-5-7-15/h8-10,12,15H,3-7,11H2,1-2H3,(H,22,24)(H,23,25). The molecule has 0 unspecified atom stereocenters. The summed E-state index contributed by atoms with van der Waals surface area (Å²) < 4.78 is 0. The number of aryl methyl sites for hydroxylation is 2. The average Bonchev–Trinajstić information content (AvgIpc) is 3.08. The van der Waals surface area contributed by atoms with E-state index in [0.29, 0.717) is 0 Å². The van der Waals surface area contributed by atoms with Crippen molar-refractivity contribution in [3.05, 3.63) is 40.4 Å². The van der Waals surface area contributed by atoms with Crippen LogP contribution in [0.1, 0.15) is 48.9 Å². The van der Waals surface area contributed by atoms with Crippen molar-refractivity contribution in [2.45, 2.75) is 52.4 Å². The van der Waals surface area contributed by atoms with Gasteiger partial charge < -0.3 is 0 Å². The number of carbonyl (C=O) groups excluding carboxylic acids is 2. The van der Waals surface area contributed by atoms with Gasteiger partial charge in [0.2, 0.25) is 11.8 Å². The fourth-order valence-electron chi connectivity index (χ4n) is 3.37. The van der Waals surface area contributed by atoms with Crippen LogP contribution in [0.4, 0.5) is 0 Å². The number of hydrogen-bond donors (Lipinski definition) is 2. The molecular weight excluding hydrogens is 346 g/mol. The van der Waals surface area contributed by atoms with Crippen LogP contribution in [-0.4, -0.2) is 16.8 Å². The van der Waals surface area contributed by atoms with E-state index in [1.165, 1.54) is 28.9 Å². The van der Waals surface area contributed by atoms with E-state index in [1.807, 2.05) is 5.38 Å². The van der Waals surface area contributed by atoms with Gasteiger partial charge in [0.15, 0.2) is 0 Å². The molecule has 3 rings (SSSR count). The van der Waals surface area contributed by atoms with E-state index >= 15 is 0 Å². The maximum atomic E-state index is 12.1. The van der Waals surface area contributed by atoms with Gasteiger partial charge >= 0.3 is 0 Å². The third-order valence-corrected chi connectivity index (χ3v) is 5.73. The molecule has 1 fully saturated rings. The summed E-state index contributed by atoms with van der Waals surface area (Å²) in [6.07, 6.45) is 5.35. The third-order valence-electron chi connectivity index (χ3n) is 4.81. The molecule has 26 heavy (non-hydrogen) atoms. The van der Waals surface area contributed by atoms with Gasteiger partial charge in [-0.15, -0.1) is 11.3 Å². The normalized spacial score (nSPS) is 14.8. The Kier molecular flexibility index (Phi) is 6.04. The number of amides is 2. The SMILES string of the molecule is Cc1ccc(-c2nc(CC(=O)NNC(=O)C3CCCCC3)cs2)c(C)c1. The molecule has 0 atom stereocenters. The summed E-state index contributed by atoms with van der Waals surface area (Å²) >= 11 is 1.53. The second-order valence-electron chi connectivity index (χ2n) is 7.01. The maximum absolute atomic E-state index is 12.1. The zero-order chi connectivity index (χ0) is 18.5. The van der Waals surface area contributed by atoms with E-state index in [0.717, 1.165) is 41.9 Å². The van der Waals surface area contributed by atoms with E-state index in [1.54, 1.807) is 0 Å². The lowest BCUT2D eigenvalue weighted by atomic mass is 9.89. The van der Waals surface area contributed by atoms with Crippen molar-refractivity contribution in [3.63, 3.8) is 0 Å². The average molecular weight is 372 g/mol. The van der Waals surface area contributed by atoms with Gasteiger partial charge in [-0.25, -0.2) is 4.98 Å². The fourth-order valence-corrected chi connectivity index (χ4v) is 4.28. The zero-order valence-electron chi connectivity index (χ0n) is 15.3. The highest BCUT2D eigenvalue weighted by Gasteiger charge is 2.21. The van der Waals surface area contributed by atoms with Gasteiger partial charge in [0.05, 0.1) is 12.1 Å². The lowest BCUT2D eigenvalue weighted by molar-refractivity contribution is -0.131. The van der Waals surface area contributed by atoms with Crippen LogP contribution in [0.2, 0.25) is 0 Å². The number of nitrogens with zero attached hydrogens (tertiary/aromatic N) is 1. The smallest absolute Gasteiger partial charge is 0.244 e. The van der Waals surface area contributed by atoms with Crippen LogP contribution in [0.3, 0.4) is 0 Å².